The number of aromatic amines is 1. The third-order valence-corrected chi connectivity index (χ3v) is 7.31. The summed E-state index contributed by atoms with van der Waals surface area (Å²) in [6.45, 7) is 0.274. The minimum Gasteiger partial charge on any atom is -0.343 e. The van der Waals surface area contributed by atoms with Crippen LogP contribution in [-0.4, -0.2) is 45.6 Å². The highest BCUT2D eigenvalue weighted by molar-refractivity contribution is 7.91. The van der Waals surface area contributed by atoms with Crippen LogP contribution in [0.3, 0.4) is 0 Å². The molecular weight excluding hydrogens is 378 g/mol. The van der Waals surface area contributed by atoms with Crippen molar-refractivity contribution in [2.24, 2.45) is 0 Å². The molecule has 8 nitrogen and oxygen atoms in total. The van der Waals surface area contributed by atoms with Crippen LogP contribution in [0, 0.1) is 0 Å². The fraction of sp³-hybridized carbons (Fsp3) is 0.421. The van der Waals surface area contributed by atoms with Gasteiger partial charge >= 0.3 is 0 Å². The quantitative estimate of drug-likeness (QED) is 0.692. The van der Waals surface area contributed by atoms with Crippen LogP contribution >= 0.6 is 0 Å². The van der Waals surface area contributed by atoms with E-state index in [0.717, 1.165) is 41.6 Å². The number of amides is 1. The van der Waals surface area contributed by atoms with E-state index >= 15 is 0 Å². The molecule has 1 aromatic carbocycles. The molecule has 28 heavy (non-hydrogen) atoms. The highest BCUT2D eigenvalue weighted by Crippen LogP contribution is 2.31. The molecule has 1 unspecified atom stereocenters. The molecule has 1 aliphatic heterocycles. The zero-order valence-electron chi connectivity index (χ0n) is 15.3. The number of para-hydroxylation sites is 2. The van der Waals surface area contributed by atoms with Crippen molar-refractivity contribution in [2.75, 3.05) is 11.5 Å². The van der Waals surface area contributed by atoms with Crippen molar-refractivity contribution in [1.29, 1.82) is 0 Å². The largest absolute Gasteiger partial charge is 0.343 e. The van der Waals surface area contributed by atoms with Crippen molar-refractivity contribution < 1.29 is 13.2 Å². The minimum atomic E-state index is -3.06. The average molecular weight is 399 g/mol. The number of hydrogen-bond acceptors (Lipinski definition) is 5. The number of nitrogens with one attached hydrogen (secondary N) is 2. The van der Waals surface area contributed by atoms with Gasteiger partial charge in [0.2, 0.25) is 0 Å². The molecule has 5 rings (SSSR count). The first-order chi connectivity index (χ1) is 13.5. The Labute approximate surface area is 162 Å². The van der Waals surface area contributed by atoms with Crippen molar-refractivity contribution in [3.05, 3.63) is 47.0 Å². The maximum Gasteiger partial charge on any atom is 0.270 e. The number of H-pyrrole nitrogens is 1. The van der Waals surface area contributed by atoms with Crippen LogP contribution < -0.4 is 5.32 Å². The van der Waals surface area contributed by atoms with Crippen molar-refractivity contribution in [2.45, 2.75) is 38.3 Å². The lowest BCUT2D eigenvalue weighted by Gasteiger charge is -2.14. The van der Waals surface area contributed by atoms with Gasteiger partial charge in [0.15, 0.2) is 9.84 Å². The van der Waals surface area contributed by atoms with E-state index in [9.17, 15) is 13.2 Å². The SMILES string of the molecule is O=C(NCc1nc2ccccc2[nH]1)c1c2c(nn1C1CCS(=O)(=O)C1)CCC2. The third kappa shape index (κ3) is 2.99. The third-order valence-electron chi connectivity index (χ3n) is 5.56. The van der Waals surface area contributed by atoms with E-state index in [4.69, 9.17) is 0 Å². The van der Waals surface area contributed by atoms with Gasteiger partial charge in [-0.25, -0.2) is 13.4 Å². The van der Waals surface area contributed by atoms with E-state index in [1.54, 1.807) is 4.68 Å². The van der Waals surface area contributed by atoms with Gasteiger partial charge in [0.25, 0.3) is 5.91 Å². The summed E-state index contributed by atoms with van der Waals surface area (Å²) in [5.41, 5.74) is 4.19. The number of fused-ring (bicyclic) bond motifs is 2. The van der Waals surface area contributed by atoms with Crippen molar-refractivity contribution >= 4 is 26.8 Å². The van der Waals surface area contributed by atoms with E-state index < -0.39 is 9.84 Å². The van der Waals surface area contributed by atoms with Crippen LogP contribution in [0.4, 0.5) is 0 Å². The van der Waals surface area contributed by atoms with Crippen LogP contribution in [0.25, 0.3) is 11.0 Å². The summed E-state index contributed by atoms with van der Waals surface area (Å²) in [5, 5.41) is 7.55. The van der Waals surface area contributed by atoms with Gasteiger partial charge in [-0.3, -0.25) is 9.48 Å². The van der Waals surface area contributed by atoms with E-state index in [0.29, 0.717) is 17.9 Å². The van der Waals surface area contributed by atoms with Crippen molar-refractivity contribution in [1.82, 2.24) is 25.1 Å². The molecule has 0 spiro atoms. The number of imidazole rings is 1. The number of aromatic nitrogens is 4. The zero-order valence-corrected chi connectivity index (χ0v) is 16.1. The van der Waals surface area contributed by atoms with Gasteiger partial charge in [0.05, 0.1) is 40.8 Å². The van der Waals surface area contributed by atoms with Gasteiger partial charge in [-0.2, -0.15) is 5.10 Å². The van der Waals surface area contributed by atoms with Crippen LogP contribution in [0.15, 0.2) is 24.3 Å². The van der Waals surface area contributed by atoms with E-state index in [2.05, 4.69) is 20.4 Å². The molecule has 3 aromatic rings. The maximum atomic E-state index is 13.0. The van der Waals surface area contributed by atoms with Crippen LogP contribution in [0.2, 0.25) is 0 Å². The Balaban J connectivity index is 1.41. The second-order valence-electron chi connectivity index (χ2n) is 7.51. The highest BCUT2D eigenvalue weighted by atomic mass is 32.2. The Morgan fingerprint density at radius 2 is 2.14 bits per heavy atom. The number of rotatable bonds is 4. The van der Waals surface area contributed by atoms with Gasteiger partial charge in [-0.05, 0) is 37.8 Å². The molecule has 0 radical (unpaired) electrons. The summed E-state index contributed by atoms with van der Waals surface area (Å²) in [4.78, 5) is 20.7. The van der Waals surface area contributed by atoms with Gasteiger partial charge in [-0.1, -0.05) is 12.1 Å². The number of nitrogens with zero attached hydrogens (tertiary/aromatic N) is 3. The molecule has 9 heteroatoms. The van der Waals surface area contributed by atoms with Crippen molar-refractivity contribution in [3.63, 3.8) is 0 Å². The molecule has 1 saturated heterocycles. The predicted molar refractivity (Wildman–Crippen MR) is 104 cm³/mol. The minimum absolute atomic E-state index is 0.0530. The summed E-state index contributed by atoms with van der Waals surface area (Å²) >= 11 is 0. The monoisotopic (exact) mass is 399 g/mol. The molecule has 0 saturated carbocycles. The van der Waals surface area contributed by atoms with Gasteiger partial charge in [0.1, 0.15) is 11.5 Å². The standard InChI is InChI=1S/C19H21N5O3S/c25-19(20-10-17-21-15-5-1-2-6-16(15)22-17)18-13-4-3-7-14(13)23-24(18)12-8-9-28(26,27)11-12/h1-2,5-6,12H,3-4,7-11H2,(H,20,25)(H,21,22). The number of hydrogen-bond donors (Lipinski definition) is 2. The first-order valence-electron chi connectivity index (χ1n) is 9.53. The van der Waals surface area contributed by atoms with Gasteiger partial charge in [-0.15, -0.1) is 0 Å². The topological polar surface area (TPSA) is 110 Å². The fourth-order valence-corrected chi connectivity index (χ4v) is 5.91. The number of benzene rings is 1. The first-order valence-corrected chi connectivity index (χ1v) is 11.3. The molecule has 2 aliphatic rings. The molecule has 1 fully saturated rings. The smallest absolute Gasteiger partial charge is 0.270 e. The van der Waals surface area contributed by atoms with Gasteiger partial charge in [0, 0.05) is 5.56 Å². The van der Waals surface area contributed by atoms with Crippen LogP contribution in [0.1, 0.15) is 46.5 Å². The Kier molecular flexibility index (Phi) is 4.01. The lowest BCUT2D eigenvalue weighted by molar-refractivity contribution is 0.0936. The summed E-state index contributed by atoms with van der Waals surface area (Å²) < 4.78 is 25.5. The zero-order chi connectivity index (χ0) is 19.3. The molecule has 0 bridgehead atoms. The van der Waals surface area contributed by atoms with Gasteiger partial charge < -0.3 is 10.3 Å². The lowest BCUT2D eigenvalue weighted by atomic mass is 10.1. The number of sulfone groups is 1. The second-order valence-corrected chi connectivity index (χ2v) is 9.74. The second kappa shape index (κ2) is 6.44. The Hall–Kier alpha value is -2.68. The molecule has 1 aliphatic carbocycles. The molecule has 3 heterocycles. The average Bonchev–Trinajstić information content (AvgIpc) is 3.40. The van der Waals surface area contributed by atoms with E-state index in [1.165, 1.54) is 0 Å². The Bertz CT molecular complexity index is 1140. The molecule has 2 N–H and O–H groups in total. The fourth-order valence-electron chi connectivity index (χ4n) is 4.22. The summed E-state index contributed by atoms with van der Waals surface area (Å²) in [6.07, 6.45) is 3.13. The first kappa shape index (κ1) is 17.4. The molecule has 1 amide bonds. The Morgan fingerprint density at radius 1 is 1.29 bits per heavy atom. The molecule has 146 valence electrons. The van der Waals surface area contributed by atoms with E-state index in [1.807, 2.05) is 24.3 Å². The predicted octanol–water partition coefficient (Wildman–Crippen LogP) is 1.54. The number of carbonyl (C=O) groups excluding carboxylic acids is 1. The molecule has 1 atom stereocenters. The normalized spacial score (nSPS) is 20.5. The summed E-state index contributed by atoms with van der Waals surface area (Å²) in [6, 6.07) is 7.45. The molecular formula is C19H21N5O3S. The number of carbonyl (C=O) groups is 1. The van der Waals surface area contributed by atoms with Crippen LogP contribution in [0.5, 0.6) is 0 Å². The maximum absolute atomic E-state index is 13.0. The van der Waals surface area contributed by atoms with Crippen LogP contribution in [-0.2, 0) is 29.2 Å². The lowest BCUT2D eigenvalue weighted by Crippen LogP contribution is -2.29. The molecule has 2 aromatic heterocycles. The van der Waals surface area contributed by atoms with Crippen molar-refractivity contribution in [3.8, 4) is 0 Å². The highest BCUT2D eigenvalue weighted by Gasteiger charge is 2.35. The summed E-state index contributed by atoms with van der Waals surface area (Å²) in [7, 11) is -3.06. The summed E-state index contributed by atoms with van der Waals surface area (Å²) in [5.74, 6) is 0.667. The number of aryl methyl sites for hydroxylation is 1. The Morgan fingerprint density at radius 3 is 2.93 bits per heavy atom. The van der Waals surface area contributed by atoms with E-state index in [-0.39, 0.29) is 30.0 Å².